The average Bonchev–Trinajstić information content (AvgIpc) is 2.51. The van der Waals surface area contributed by atoms with Crippen LogP contribution in [0.4, 0.5) is 11.8 Å². The highest BCUT2D eigenvalue weighted by atomic mass is 35.5. The first-order chi connectivity index (χ1) is 10.5. The van der Waals surface area contributed by atoms with Crippen molar-refractivity contribution in [3.63, 3.8) is 0 Å². The summed E-state index contributed by atoms with van der Waals surface area (Å²) in [6, 6.07) is 5.19. The molecule has 3 rings (SSSR count). The van der Waals surface area contributed by atoms with Crippen LogP contribution < -0.4 is 10.6 Å². The summed E-state index contributed by atoms with van der Waals surface area (Å²) in [6.07, 6.45) is 0. The van der Waals surface area contributed by atoms with Crippen molar-refractivity contribution < 1.29 is 9.84 Å². The van der Waals surface area contributed by atoms with Gasteiger partial charge in [-0.25, -0.2) is 4.98 Å². The second kappa shape index (κ2) is 5.98. The topological polar surface area (TPSA) is 84.5 Å². The number of phenols is 1. The van der Waals surface area contributed by atoms with Crippen LogP contribution >= 0.6 is 11.6 Å². The molecule has 0 saturated carbocycles. The number of anilines is 2. The standard InChI is InChI=1S/C15H17ClN4O2/c1-9-6-13(21)11(16)7-10(9)12-8-14(19-15(17)18-12)20-2-4-22-5-3-20/h6-8,21H,2-5H2,1H3,(H2,17,18,19). The maximum Gasteiger partial charge on any atom is 0.222 e. The van der Waals surface area contributed by atoms with Gasteiger partial charge in [0.1, 0.15) is 11.6 Å². The summed E-state index contributed by atoms with van der Waals surface area (Å²) in [5, 5.41) is 9.96. The van der Waals surface area contributed by atoms with E-state index < -0.39 is 0 Å². The molecule has 0 unspecified atom stereocenters. The van der Waals surface area contributed by atoms with E-state index in [9.17, 15) is 5.11 Å². The Hall–Kier alpha value is -2.05. The van der Waals surface area contributed by atoms with Crippen molar-refractivity contribution >= 4 is 23.4 Å². The summed E-state index contributed by atoms with van der Waals surface area (Å²) in [5.74, 6) is 1.04. The normalized spacial score (nSPS) is 15.1. The van der Waals surface area contributed by atoms with Crippen LogP contribution in [-0.4, -0.2) is 41.4 Å². The molecule has 1 aromatic heterocycles. The average molecular weight is 321 g/mol. The summed E-state index contributed by atoms with van der Waals surface area (Å²) < 4.78 is 5.35. The highest BCUT2D eigenvalue weighted by Gasteiger charge is 2.16. The zero-order chi connectivity index (χ0) is 15.7. The van der Waals surface area contributed by atoms with E-state index in [4.69, 9.17) is 22.1 Å². The Labute approximate surface area is 133 Å². The van der Waals surface area contributed by atoms with Crippen molar-refractivity contribution in [2.45, 2.75) is 6.92 Å². The Kier molecular flexibility index (Phi) is 4.04. The molecule has 0 bridgehead atoms. The van der Waals surface area contributed by atoms with Crippen molar-refractivity contribution in [3.8, 4) is 17.0 Å². The van der Waals surface area contributed by atoms with Gasteiger partial charge in [0.2, 0.25) is 5.95 Å². The zero-order valence-corrected chi connectivity index (χ0v) is 13.0. The maximum absolute atomic E-state index is 9.67. The number of halogens is 1. The van der Waals surface area contributed by atoms with Gasteiger partial charge in [-0.05, 0) is 24.6 Å². The first kappa shape index (κ1) is 14.9. The van der Waals surface area contributed by atoms with E-state index in [0.717, 1.165) is 30.0 Å². The largest absolute Gasteiger partial charge is 0.506 e. The Morgan fingerprint density at radius 2 is 1.95 bits per heavy atom. The third kappa shape index (κ3) is 2.93. The molecule has 2 aromatic rings. The first-order valence-corrected chi connectivity index (χ1v) is 7.39. The third-order valence-corrected chi connectivity index (χ3v) is 3.94. The van der Waals surface area contributed by atoms with E-state index in [2.05, 4.69) is 14.9 Å². The van der Waals surface area contributed by atoms with E-state index in [1.807, 2.05) is 13.0 Å². The number of rotatable bonds is 2. The van der Waals surface area contributed by atoms with Crippen molar-refractivity contribution in [1.82, 2.24) is 9.97 Å². The van der Waals surface area contributed by atoms with Crippen LogP contribution in [0.3, 0.4) is 0 Å². The number of aromatic nitrogens is 2. The lowest BCUT2D eigenvalue weighted by Crippen LogP contribution is -2.36. The number of ether oxygens (including phenoxy) is 1. The fourth-order valence-corrected chi connectivity index (χ4v) is 2.65. The molecule has 1 fully saturated rings. The summed E-state index contributed by atoms with van der Waals surface area (Å²) >= 11 is 6.01. The molecule has 0 spiro atoms. The molecule has 0 amide bonds. The minimum atomic E-state index is 0.0540. The highest BCUT2D eigenvalue weighted by molar-refractivity contribution is 6.32. The SMILES string of the molecule is Cc1cc(O)c(Cl)cc1-c1cc(N2CCOCC2)nc(N)n1. The third-order valence-electron chi connectivity index (χ3n) is 3.63. The number of phenolic OH excluding ortho intramolecular Hbond substituents is 1. The van der Waals surface area contributed by atoms with Gasteiger partial charge in [-0.3, -0.25) is 0 Å². The van der Waals surface area contributed by atoms with E-state index in [0.29, 0.717) is 18.9 Å². The fourth-order valence-electron chi connectivity index (χ4n) is 2.49. The molecule has 0 radical (unpaired) electrons. The van der Waals surface area contributed by atoms with Crippen molar-refractivity contribution in [2.24, 2.45) is 0 Å². The quantitative estimate of drug-likeness (QED) is 0.882. The molecule has 116 valence electrons. The zero-order valence-electron chi connectivity index (χ0n) is 12.2. The van der Waals surface area contributed by atoms with Crippen LogP contribution in [0.5, 0.6) is 5.75 Å². The lowest BCUT2D eigenvalue weighted by Gasteiger charge is -2.28. The van der Waals surface area contributed by atoms with Crippen LogP contribution in [0.15, 0.2) is 18.2 Å². The molecule has 1 aliphatic heterocycles. The monoisotopic (exact) mass is 320 g/mol. The van der Waals surface area contributed by atoms with Crippen molar-refractivity contribution in [1.29, 1.82) is 0 Å². The molecule has 7 heteroatoms. The minimum Gasteiger partial charge on any atom is -0.506 e. The molecule has 1 saturated heterocycles. The molecular formula is C15H17ClN4O2. The highest BCUT2D eigenvalue weighted by Crippen LogP contribution is 2.33. The first-order valence-electron chi connectivity index (χ1n) is 7.01. The van der Waals surface area contributed by atoms with Gasteiger partial charge in [0, 0.05) is 24.7 Å². The molecule has 22 heavy (non-hydrogen) atoms. The Morgan fingerprint density at radius 1 is 1.23 bits per heavy atom. The van der Waals surface area contributed by atoms with Crippen LogP contribution in [0.25, 0.3) is 11.3 Å². The van der Waals surface area contributed by atoms with Gasteiger partial charge >= 0.3 is 0 Å². The fraction of sp³-hybridized carbons (Fsp3) is 0.333. The Balaban J connectivity index is 2.04. The number of hydrogen-bond donors (Lipinski definition) is 2. The molecule has 0 atom stereocenters. The number of benzene rings is 1. The molecule has 3 N–H and O–H groups in total. The van der Waals surface area contributed by atoms with E-state index in [1.165, 1.54) is 0 Å². The van der Waals surface area contributed by atoms with Crippen LogP contribution in [0.1, 0.15) is 5.56 Å². The second-order valence-corrected chi connectivity index (χ2v) is 5.59. The van der Waals surface area contributed by atoms with Crippen LogP contribution in [0.2, 0.25) is 5.02 Å². The van der Waals surface area contributed by atoms with Gasteiger partial charge in [-0.15, -0.1) is 0 Å². The van der Waals surface area contributed by atoms with Gasteiger partial charge in [-0.2, -0.15) is 4.98 Å². The number of morpholine rings is 1. The van der Waals surface area contributed by atoms with Crippen molar-refractivity contribution in [3.05, 3.63) is 28.8 Å². The predicted octanol–water partition coefficient (Wildman–Crippen LogP) is 2.23. The number of aromatic hydroxyl groups is 1. The van der Waals surface area contributed by atoms with Gasteiger partial charge in [0.15, 0.2) is 0 Å². The molecule has 0 aliphatic carbocycles. The number of aryl methyl sites for hydroxylation is 1. The van der Waals surface area contributed by atoms with Gasteiger partial charge in [-0.1, -0.05) is 11.6 Å². The molecule has 6 nitrogen and oxygen atoms in total. The molecule has 1 aliphatic rings. The lowest BCUT2D eigenvalue weighted by atomic mass is 10.0. The van der Waals surface area contributed by atoms with Crippen LogP contribution in [0, 0.1) is 6.92 Å². The van der Waals surface area contributed by atoms with Crippen molar-refractivity contribution in [2.75, 3.05) is 36.9 Å². The summed E-state index contributed by atoms with van der Waals surface area (Å²) in [4.78, 5) is 10.7. The summed E-state index contributed by atoms with van der Waals surface area (Å²) in [7, 11) is 0. The smallest absolute Gasteiger partial charge is 0.222 e. The Bertz CT molecular complexity index is 702. The lowest BCUT2D eigenvalue weighted by molar-refractivity contribution is 0.122. The van der Waals surface area contributed by atoms with E-state index in [-0.39, 0.29) is 16.7 Å². The summed E-state index contributed by atoms with van der Waals surface area (Å²) in [5.41, 5.74) is 8.24. The van der Waals surface area contributed by atoms with Crippen LogP contribution in [-0.2, 0) is 4.74 Å². The maximum atomic E-state index is 9.67. The minimum absolute atomic E-state index is 0.0540. The molecular weight excluding hydrogens is 304 g/mol. The Morgan fingerprint density at radius 3 is 2.68 bits per heavy atom. The number of nitrogen functional groups attached to an aromatic ring is 1. The predicted molar refractivity (Wildman–Crippen MR) is 86.3 cm³/mol. The number of hydrogen-bond acceptors (Lipinski definition) is 6. The number of nitrogens with zero attached hydrogens (tertiary/aromatic N) is 3. The summed E-state index contributed by atoms with van der Waals surface area (Å²) in [6.45, 7) is 4.77. The molecule has 2 heterocycles. The van der Waals surface area contributed by atoms with Gasteiger partial charge < -0.3 is 20.5 Å². The van der Waals surface area contributed by atoms with Gasteiger partial charge in [0.25, 0.3) is 0 Å². The molecule has 1 aromatic carbocycles. The van der Waals surface area contributed by atoms with E-state index >= 15 is 0 Å². The second-order valence-electron chi connectivity index (χ2n) is 5.19. The van der Waals surface area contributed by atoms with E-state index in [1.54, 1.807) is 12.1 Å². The van der Waals surface area contributed by atoms with Gasteiger partial charge in [0.05, 0.1) is 23.9 Å². The number of nitrogens with two attached hydrogens (primary N) is 1.